The van der Waals surface area contributed by atoms with Crippen LogP contribution in [0.2, 0.25) is 0 Å². The molecule has 0 saturated carbocycles. The van der Waals surface area contributed by atoms with Gasteiger partial charge in [0.05, 0.1) is 12.0 Å². The summed E-state index contributed by atoms with van der Waals surface area (Å²) in [5.41, 5.74) is 2.07. The first-order valence-electron chi connectivity index (χ1n) is 5.23. The Morgan fingerprint density at radius 1 is 1.41 bits per heavy atom. The van der Waals surface area contributed by atoms with E-state index in [1.807, 2.05) is 25.1 Å². The number of benzene rings is 1. The van der Waals surface area contributed by atoms with E-state index in [2.05, 4.69) is 4.98 Å². The second kappa shape index (κ2) is 4.67. The lowest BCUT2D eigenvalue weighted by Crippen LogP contribution is -1.87. The highest BCUT2D eigenvalue weighted by atomic mass is 32.1. The minimum absolute atomic E-state index is 0.0546. The molecule has 0 fully saturated rings. The molecule has 0 bridgehead atoms. The average molecular weight is 247 g/mol. The number of hydrogen-bond donors (Lipinski definition) is 0. The summed E-state index contributed by atoms with van der Waals surface area (Å²) < 4.78 is 5.21. The Morgan fingerprint density at radius 3 is 2.71 bits per heavy atom. The van der Waals surface area contributed by atoms with Crippen LogP contribution in [0.1, 0.15) is 22.2 Å². The highest BCUT2D eigenvalue weighted by Gasteiger charge is 2.09. The fraction of sp³-hybridized carbons (Fsp3) is 0.231. The molecule has 1 heterocycles. The Morgan fingerprint density at radius 2 is 2.18 bits per heavy atom. The molecule has 1 aromatic heterocycles. The molecule has 0 spiro atoms. The predicted molar refractivity (Wildman–Crippen MR) is 68.8 cm³/mol. The molecule has 0 unspecified atom stereocenters. The third kappa shape index (κ3) is 2.36. The number of Topliss-reactive ketones (excluding diaryl/α,β-unsaturated/α-hetero) is 1. The molecule has 0 saturated heterocycles. The van der Waals surface area contributed by atoms with Crippen molar-refractivity contribution in [1.82, 2.24) is 4.98 Å². The predicted octanol–water partition coefficient (Wildman–Crippen LogP) is 3.33. The van der Waals surface area contributed by atoms with Gasteiger partial charge in [-0.25, -0.2) is 4.98 Å². The highest BCUT2D eigenvalue weighted by molar-refractivity contribution is 7.16. The standard InChI is InChI=1S/C13H13NO2S/c1-8-6-10(4-5-11(8)16-3)13-14-7-12(17-13)9(2)15/h4-7H,1-3H3. The summed E-state index contributed by atoms with van der Waals surface area (Å²) in [7, 11) is 1.65. The highest BCUT2D eigenvalue weighted by Crippen LogP contribution is 2.29. The molecule has 88 valence electrons. The molecule has 2 rings (SSSR count). The molecule has 2 aromatic rings. The van der Waals surface area contributed by atoms with Gasteiger partial charge in [0.25, 0.3) is 0 Å². The summed E-state index contributed by atoms with van der Waals surface area (Å²) in [6.07, 6.45) is 1.63. The van der Waals surface area contributed by atoms with Crippen molar-refractivity contribution in [3.05, 3.63) is 34.8 Å². The van der Waals surface area contributed by atoms with Crippen LogP contribution in [0, 0.1) is 6.92 Å². The molecule has 4 heteroatoms. The molecule has 17 heavy (non-hydrogen) atoms. The van der Waals surface area contributed by atoms with Crippen molar-refractivity contribution in [2.45, 2.75) is 13.8 Å². The number of carbonyl (C=O) groups excluding carboxylic acids is 1. The third-order valence-electron chi connectivity index (χ3n) is 2.49. The van der Waals surface area contributed by atoms with Gasteiger partial charge >= 0.3 is 0 Å². The zero-order chi connectivity index (χ0) is 12.4. The van der Waals surface area contributed by atoms with Crippen LogP contribution in [-0.4, -0.2) is 17.9 Å². The van der Waals surface area contributed by atoms with Crippen LogP contribution in [0.15, 0.2) is 24.4 Å². The maximum absolute atomic E-state index is 11.2. The molecule has 0 N–H and O–H groups in total. The zero-order valence-electron chi connectivity index (χ0n) is 9.98. The smallest absolute Gasteiger partial charge is 0.171 e. The Bertz CT molecular complexity index is 560. The number of nitrogens with zero attached hydrogens (tertiary/aromatic N) is 1. The van der Waals surface area contributed by atoms with E-state index in [-0.39, 0.29) is 5.78 Å². The maximum Gasteiger partial charge on any atom is 0.171 e. The van der Waals surface area contributed by atoms with E-state index in [0.29, 0.717) is 4.88 Å². The summed E-state index contributed by atoms with van der Waals surface area (Å²) in [5, 5.41) is 0.862. The number of rotatable bonds is 3. The fourth-order valence-electron chi connectivity index (χ4n) is 1.58. The Kier molecular flexibility index (Phi) is 3.24. The van der Waals surface area contributed by atoms with Crippen LogP contribution >= 0.6 is 11.3 Å². The maximum atomic E-state index is 11.2. The normalized spacial score (nSPS) is 10.3. The average Bonchev–Trinajstić information content (AvgIpc) is 2.78. The zero-order valence-corrected chi connectivity index (χ0v) is 10.8. The number of aromatic nitrogens is 1. The van der Waals surface area contributed by atoms with E-state index in [1.165, 1.54) is 11.3 Å². The summed E-state index contributed by atoms with van der Waals surface area (Å²) in [6, 6.07) is 5.88. The van der Waals surface area contributed by atoms with Gasteiger partial charge in [-0.1, -0.05) is 0 Å². The van der Waals surface area contributed by atoms with Crippen molar-refractivity contribution in [3.63, 3.8) is 0 Å². The first kappa shape index (κ1) is 11.8. The molecule has 0 aliphatic heterocycles. The topological polar surface area (TPSA) is 39.2 Å². The van der Waals surface area contributed by atoms with Crippen molar-refractivity contribution >= 4 is 17.1 Å². The van der Waals surface area contributed by atoms with Crippen molar-refractivity contribution in [1.29, 1.82) is 0 Å². The fourth-order valence-corrected chi connectivity index (χ4v) is 2.39. The van der Waals surface area contributed by atoms with E-state index >= 15 is 0 Å². The molecule has 0 aliphatic rings. The van der Waals surface area contributed by atoms with Gasteiger partial charge in [-0.3, -0.25) is 4.79 Å². The molecule has 0 aliphatic carbocycles. The van der Waals surface area contributed by atoms with Gasteiger partial charge in [0.1, 0.15) is 10.8 Å². The van der Waals surface area contributed by atoms with Gasteiger partial charge < -0.3 is 4.74 Å². The molecule has 0 radical (unpaired) electrons. The first-order valence-corrected chi connectivity index (χ1v) is 6.05. The summed E-state index contributed by atoms with van der Waals surface area (Å²) in [5.74, 6) is 0.913. The van der Waals surface area contributed by atoms with Gasteiger partial charge in [-0.15, -0.1) is 11.3 Å². The molecule has 3 nitrogen and oxygen atoms in total. The monoisotopic (exact) mass is 247 g/mol. The number of hydrogen-bond acceptors (Lipinski definition) is 4. The lowest BCUT2D eigenvalue weighted by Gasteiger charge is -2.05. The van der Waals surface area contributed by atoms with Crippen molar-refractivity contribution in [2.24, 2.45) is 0 Å². The number of thiazole rings is 1. The van der Waals surface area contributed by atoms with Gasteiger partial charge in [0, 0.05) is 18.7 Å². The van der Waals surface area contributed by atoms with Crippen LogP contribution in [0.3, 0.4) is 0 Å². The van der Waals surface area contributed by atoms with E-state index in [9.17, 15) is 4.79 Å². The second-order valence-electron chi connectivity index (χ2n) is 3.77. The van der Waals surface area contributed by atoms with Crippen LogP contribution in [0.25, 0.3) is 10.6 Å². The van der Waals surface area contributed by atoms with Crippen LogP contribution < -0.4 is 4.74 Å². The van der Waals surface area contributed by atoms with E-state index in [4.69, 9.17) is 4.74 Å². The molecule has 0 amide bonds. The molecular weight excluding hydrogens is 234 g/mol. The van der Waals surface area contributed by atoms with E-state index in [1.54, 1.807) is 20.2 Å². The number of carbonyl (C=O) groups is 1. The first-order chi connectivity index (χ1) is 8.11. The van der Waals surface area contributed by atoms with Gasteiger partial charge in [-0.2, -0.15) is 0 Å². The van der Waals surface area contributed by atoms with Crippen molar-refractivity contribution < 1.29 is 9.53 Å². The number of ketones is 1. The summed E-state index contributed by atoms with van der Waals surface area (Å²) in [4.78, 5) is 16.2. The third-order valence-corrected chi connectivity index (χ3v) is 3.64. The van der Waals surface area contributed by atoms with Gasteiger partial charge in [-0.05, 0) is 30.7 Å². The second-order valence-corrected chi connectivity index (χ2v) is 4.80. The van der Waals surface area contributed by atoms with Crippen LogP contribution in [-0.2, 0) is 0 Å². The Hall–Kier alpha value is -1.68. The number of aryl methyl sites for hydroxylation is 1. The summed E-state index contributed by atoms with van der Waals surface area (Å²) >= 11 is 1.41. The SMILES string of the molecule is COc1ccc(-c2ncc(C(C)=O)s2)cc1C. The molecular formula is C13H13NO2S. The van der Waals surface area contributed by atoms with Gasteiger partial charge in [0.2, 0.25) is 0 Å². The minimum Gasteiger partial charge on any atom is -0.496 e. The van der Waals surface area contributed by atoms with Crippen LogP contribution in [0.5, 0.6) is 5.75 Å². The Balaban J connectivity index is 2.39. The van der Waals surface area contributed by atoms with Crippen LogP contribution in [0.4, 0.5) is 0 Å². The van der Waals surface area contributed by atoms with E-state index < -0.39 is 0 Å². The number of ether oxygens (including phenoxy) is 1. The minimum atomic E-state index is 0.0546. The van der Waals surface area contributed by atoms with E-state index in [0.717, 1.165) is 21.9 Å². The van der Waals surface area contributed by atoms with Crippen molar-refractivity contribution in [2.75, 3.05) is 7.11 Å². The largest absolute Gasteiger partial charge is 0.496 e. The molecule has 0 atom stereocenters. The quantitative estimate of drug-likeness (QED) is 0.781. The molecule has 1 aromatic carbocycles. The van der Waals surface area contributed by atoms with Gasteiger partial charge in [0.15, 0.2) is 5.78 Å². The Labute approximate surface area is 104 Å². The summed E-state index contributed by atoms with van der Waals surface area (Å²) in [6.45, 7) is 3.54. The lowest BCUT2D eigenvalue weighted by molar-refractivity contribution is 0.102. The number of methoxy groups -OCH3 is 1. The lowest BCUT2D eigenvalue weighted by atomic mass is 10.1. The van der Waals surface area contributed by atoms with Crippen molar-refractivity contribution in [3.8, 4) is 16.3 Å².